The highest BCUT2D eigenvalue weighted by Crippen LogP contribution is 2.70. The molecule has 0 atom stereocenters. The summed E-state index contributed by atoms with van der Waals surface area (Å²) in [5.41, 5.74) is 0. The highest BCUT2D eigenvalue weighted by atomic mass is 31.3. The van der Waals surface area contributed by atoms with Crippen molar-refractivity contribution in [1.29, 1.82) is 0 Å². The van der Waals surface area contributed by atoms with E-state index < -0.39 is 22.8 Å². The summed E-state index contributed by atoms with van der Waals surface area (Å²) in [6.45, 7) is 1.79. The summed E-state index contributed by atoms with van der Waals surface area (Å²) >= 11 is 0. The molecule has 0 amide bonds. The van der Waals surface area contributed by atoms with Crippen LogP contribution in [0.3, 0.4) is 0 Å². The first-order valence-corrected chi connectivity index (χ1v) is 20.8. The second kappa shape index (κ2) is 16.5. The third-order valence-electron chi connectivity index (χ3n) is 6.66. The SMILES string of the molecule is CN=P(N=P(N=P(C)(Oc1ccccc1)Oc1ccccc1)(Oc1ccccc1)Oc1ccccc1)(Oc1ccccc1)Oc1ccccc1. The standard InChI is InChI=1S/C38H36N3O6P3/c1-39-49(44-35-25-13-5-14-26-35,45-36-27-15-6-16-28-36)41-50(46-37-29-17-7-18-30-37,47-38-31-19-8-20-32-38)40-48(2,42-33-21-9-3-10-22-33)43-34-23-11-4-12-24-34/h3-32H,1-2H3. The number of rotatable bonds is 14. The van der Waals surface area contributed by atoms with Gasteiger partial charge in [-0.2, -0.15) is 0 Å². The molecular weight excluding hydrogens is 687 g/mol. The Kier molecular flexibility index (Phi) is 11.4. The Labute approximate surface area is 293 Å². The zero-order valence-corrected chi connectivity index (χ0v) is 30.1. The van der Waals surface area contributed by atoms with Gasteiger partial charge in [-0.05, 0) is 72.8 Å². The predicted octanol–water partition coefficient (Wildman–Crippen LogP) is 12.6. The Morgan fingerprint density at radius 2 is 0.560 bits per heavy atom. The van der Waals surface area contributed by atoms with Gasteiger partial charge >= 0.3 is 22.8 Å². The molecule has 254 valence electrons. The minimum absolute atomic E-state index is 0.448. The molecule has 0 saturated carbocycles. The molecule has 0 aliphatic heterocycles. The van der Waals surface area contributed by atoms with E-state index in [1.54, 1.807) is 38.0 Å². The maximum Gasteiger partial charge on any atom is 0.459 e. The van der Waals surface area contributed by atoms with Crippen molar-refractivity contribution in [2.75, 3.05) is 13.7 Å². The number of hydrogen-bond acceptors (Lipinski definition) is 7. The van der Waals surface area contributed by atoms with Crippen LogP contribution in [0.1, 0.15) is 0 Å². The van der Waals surface area contributed by atoms with Crippen molar-refractivity contribution in [3.8, 4) is 34.5 Å². The average molecular weight is 724 g/mol. The lowest BCUT2D eigenvalue weighted by atomic mass is 10.3. The fraction of sp³-hybridized carbons (Fsp3) is 0.0526. The van der Waals surface area contributed by atoms with Crippen molar-refractivity contribution in [3.63, 3.8) is 0 Å². The summed E-state index contributed by atoms with van der Waals surface area (Å²) < 4.78 is 55.5. The number of para-hydroxylation sites is 6. The zero-order chi connectivity index (χ0) is 34.5. The minimum atomic E-state index is -3.99. The Balaban J connectivity index is 1.66. The Morgan fingerprint density at radius 1 is 0.320 bits per heavy atom. The average Bonchev–Trinajstić information content (AvgIpc) is 3.14. The van der Waals surface area contributed by atoms with Gasteiger partial charge in [0.1, 0.15) is 34.5 Å². The van der Waals surface area contributed by atoms with Crippen LogP contribution in [0.4, 0.5) is 0 Å². The van der Waals surface area contributed by atoms with E-state index in [2.05, 4.69) is 0 Å². The monoisotopic (exact) mass is 723 g/mol. The molecule has 6 aromatic carbocycles. The smallest absolute Gasteiger partial charge is 0.430 e. The lowest BCUT2D eigenvalue weighted by Gasteiger charge is -2.29. The third kappa shape index (κ3) is 9.71. The normalized spacial score (nSPS) is 11.4. The van der Waals surface area contributed by atoms with Crippen molar-refractivity contribution in [2.45, 2.75) is 0 Å². The van der Waals surface area contributed by atoms with Crippen molar-refractivity contribution in [1.82, 2.24) is 0 Å². The zero-order valence-electron chi connectivity index (χ0n) is 27.5. The van der Waals surface area contributed by atoms with Crippen LogP contribution in [-0.2, 0) is 0 Å². The van der Waals surface area contributed by atoms with E-state index in [4.69, 9.17) is 40.9 Å². The first kappa shape index (κ1) is 34.7. The Bertz CT molecular complexity index is 1970. The third-order valence-corrected chi connectivity index (χ3v) is 14.1. The topological polar surface area (TPSA) is 92.5 Å². The molecule has 0 aliphatic carbocycles. The van der Waals surface area contributed by atoms with Crippen LogP contribution in [-0.4, -0.2) is 13.7 Å². The fourth-order valence-corrected chi connectivity index (χ4v) is 12.1. The Morgan fingerprint density at radius 3 is 0.820 bits per heavy atom. The van der Waals surface area contributed by atoms with E-state index in [9.17, 15) is 0 Å². The number of nitrogens with zero attached hydrogens (tertiary/aromatic N) is 3. The van der Waals surface area contributed by atoms with E-state index in [-0.39, 0.29) is 0 Å². The molecule has 0 fully saturated rings. The van der Waals surface area contributed by atoms with Crippen LogP contribution in [0.5, 0.6) is 34.5 Å². The van der Waals surface area contributed by atoms with E-state index in [1.807, 2.05) is 158 Å². The summed E-state index contributed by atoms with van der Waals surface area (Å²) in [5, 5.41) is 0. The Hall–Kier alpha value is -5.19. The fourth-order valence-electron chi connectivity index (χ4n) is 4.52. The molecule has 0 unspecified atom stereocenters. The maximum atomic E-state index is 6.84. The minimum Gasteiger partial charge on any atom is -0.430 e. The molecule has 0 aromatic heterocycles. The van der Waals surface area contributed by atoms with E-state index in [0.29, 0.717) is 34.5 Å². The van der Waals surface area contributed by atoms with Gasteiger partial charge in [0, 0.05) is 13.7 Å². The van der Waals surface area contributed by atoms with Crippen molar-refractivity contribution >= 4 is 22.8 Å². The molecule has 0 heterocycles. The van der Waals surface area contributed by atoms with Gasteiger partial charge in [0.2, 0.25) is 0 Å². The molecule has 50 heavy (non-hydrogen) atoms. The van der Waals surface area contributed by atoms with Crippen LogP contribution < -0.4 is 27.1 Å². The summed E-state index contributed by atoms with van der Waals surface area (Å²) in [6.07, 6.45) is 0. The predicted molar refractivity (Wildman–Crippen MR) is 202 cm³/mol. The van der Waals surface area contributed by atoms with Crippen molar-refractivity contribution in [3.05, 3.63) is 182 Å². The van der Waals surface area contributed by atoms with Gasteiger partial charge in [0.15, 0.2) is 0 Å². The van der Waals surface area contributed by atoms with Gasteiger partial charge in [0.05, 0.1) is 0 Å². The molecule has 0 bridgehead atoms. The molecule has 0 aliphatic rings. The summed E-state index contributed by atoms with van der Waals surface area (Å²) in [5.74, 6) is 2.96. The quantitative estimate of drug-likeness (QED) is 0.104. The molecule has 0 spiro atoms. The van der Waals surface area contributed by atoms with Gasteiger partial charge in [-0.1, -0.05) is 114 Å². The highest BCUT2D eigenvalue weighted by molar-refractivity contribution is 7.72. The van der Waals surface area contributed by atoms with Gasteiger partial charge in [-0.3, -0.25) is 0 Å². The first-order chi connectivity index (χ1) is 24.4. The molecule has 6 rings (SSSR count). The van der Waals surface area contributed by atoms with E-state index in [1.165, 1.54) is 0 Å². The summed E-state index contributed by atoms with van der Waals surface area (Å²) in [6, 6.07) is 55.6. The van der Waals surface area contributed by atoms with Gasteiger partial charge in [-0.25, -0.2) is 4.74 Å². The van der Waals surface area contributed by atoms with E-state index in [0.717, 1.165) is 0 Å². The van der Waals surface area contributed by atoms with E-state index >= 15 is 0 Å². The molecular formula is C38H36N3O6P3. The maximum absolute atomic E-state index is 6.84. The van der Waals surface area contributed by atoms with Crippen LogP contribution in [0, 0.1) is 0 Å². The van der Waals surface area contributed by atoms with Crippen molar-refractivity contribution in [2.24, 2.45) is 13.8 Å². The lowest BCUT2D eigenvalue weighted by Crippen LogP contribution is -2.07. The second-order valence-electron chi connectivity index (χ2n) is 10.6. The largest absolute Gasteiger partial charge is 0.459 e. The molecule has 6 aromatic rings. The van der Waals surface area contributed by atoms with Crippen LogP contribution >= 0.6 is 22.8 Å². The molecule has 0 N–H and O–H groups in total. The molecule has 9 nitrogen and oxygen atoms in total. The highest BCUT2D eigenvalue weighted by Gasteiger charge is 2.39. The van der Waals surface area contributed by atoms with Crippen molar-refractivity contribution < 1.29 is 27.1 Å². The lowest BCUT2D eigenvalue weighted by molar-refractivity contribution is 0.455. The molecule has 12 heteroatoms. The summed E-state index contributed by atoms with van der Waals surface area (Å²) in [7, 11) is -9.48. The van der Waals surface area contributed by atoms with Gasteiger partial charge < -0.3 is 27.1 Å². The van der Waals surface area contributed by atoms with Gasteiger partial charge in [-0.15, -0.1) is 4.52 Å². The van der Waals surface area contributed by atoms with Gasteiger partial charge in [0.25, 0.3) is 0 Å². The second-order valence-corrected chi connectivity index (χ2v) is 17.1. The van der Waals surface area contributed by atoms with Crippen LogP contribution in [0.25, 0.3) is 0 Å². The first-order valence-electron chi connectivity index (χ1n) is 15.7. The van der Waals surface area contributed by atoms with Crippen LogP contribution in [0.2, 0.25) is 0 Å². The van der Waals surface area contributed by atoms with Crippen LogP contribution in [0.15, 0.2) is 196 Å². The molecule has 0 radical (unpaired) electrons. The number of hydrogen-bond donors (Lipinski definition) is 0. The number of benzene rings is 6. The summed E-state index contributed by atoms with van der Waals surface area (Å²) in [4.78, 5) is 0. The molecule has 0 saturated heterocycles.